The number of rotatable bonds is 4. The van der Waals surface area contributed by atoms with E-state index in [1.54, 1.807) is 0 Å². The second kappa shape index (κ2) is 4.51. The van der Waals surface area contributed by atoms with E-state index in [1.807, 2.05) is 0 Å². The van der Waals surface area contributed by atoms with Gasteiger partial charge in [-0.2, -0.15) is 4.98 Å². The molecule has 0 spiro atoms. The Morgan fingerprint density at radius 2 is 2.06 bits per heavy atom. The van der Waals surface area contributed by atoms with Crippen molar-refractivity contribution in [3.8, 4) is 0 Å². The van der Waals surface area contributed by atoms with Crippen molar-refractivity contribution in [1.29, 1.82) is 0 Å². The zero-order chi connectivity index (χ0) is 11.7. The normalized spacial score (nSPS) is 19.7. The first-order valence-electron chi connectivity index (χ1n) is 6.74. The smallest absolute Gasteiger partial charge is 0.227 e. The third-order valence-electron chi connectivity index (χ3n) is 3.48. The largest absolute Gasteiger partial charge is 0.370 e. The zero-order valence-electron chi connectivity index (χ0n) is 10.4. The molecule has 0 atom stereocenters. The van der Waals surface area contributed by atoms with E-state index in [4.69, 9.17) is 4.98 Å². The quantitative estimate of drug-likeness (QED) is 0.865. The van der Waals surface area contributed by atoms with Crippen LogP contribution in [0.15, 0.2) is 6.07 Å². The molecule has 1 aromatic heterocycles. The highest BCUT2D eigenvalue weighted by Crippen LogP contribution is 2.40. The Bertz CT molecular complexity index is 394. The number of nitrogens with zero attached hydrogens (tertiary/aromatic N) is 3. The Kier molecular flexibility index (Phi) is 2.87. The van der Waals surface area contributed by atoms with E-state index < -0.39 is 0 Å². The van der Waals surface area contributed by atoms with E-state index in [-0.39, 0.29) is 0 Å². The molecule has 1 aliphatic carbocycles. The first kappa shape index (κ1) is 10.8. The van der Waals surface area contributed by atoms with Crippen LogP contribution in [0.5, 0.6) is 0 Å². The van der Waals surface area contributed by atoms with Crippen molar-refractivity contribution < 1.29 is 0 Å². The Morgan fingerprint density at radius 1 is 1.29 bits per heavy atom. The monoisotopic (exact) mass is 232 g/mol. The van der Waals surface area contributed by atoms with Crippen LogP contribution in [0.2, 0.25) is 0 Å². The number of aromatic nitrogens is 2. The molecule has 2 heterocycles. The molecule has 1 saturated heterocycles. The van der Waals surface area contributed by atoms with Gasteiger partial charge < -0.3 is 10.2 Å². The summed E-state index contributed by atoms with van der Waals surface area (Å²) >= 11 is 0. The predicted molar refractivity (Wildman–Crippen MR) is 69.6 cm³/mol. The average molecular weight is 232 g/mol. The van der Waals surface area contributed by atoms with Crippen LogP contribution in [0.4, 0.5) is 11.8 Å². The van der Waals surface area contributed by atoms with Crippen molar-refractivity contribution >= 4 is 11.8 Å². The maximum absolute atomic E-state index is 4.73. The van der Waals surface area contributed by atoms with Gasteiger partial charge in [0.15, 0.2) is 0 Å². The topological polar surface area (TPSA) is 41.1 Å². The summed E-state index contributed by atoms with van der Waals surface area (Å²) < 4.78 is 0. The van der Waals surface area contributed by atoms with Gasteiger partial charge in [0, 0.05) is 31.6 Å². The minimum atomic E-state index is 0.691. The van der Waals surface area contributed by atoms with Crippen molar-refractivity contribution in [3.63, 3.8) is 0 Å². The molecule has 92 valence electrons. The molecule has 4 nitrogen and oxygen atoms in total. The van der Waals surface area contributed by atoms with Crippen molar-refractivity contribution in [1.82, 2.24) is 9.97 Å². The molecule has 0 radical (unpaired) electrons. The molecular formula is C13H20N4. The van der Waals surface area contributed by atoms with E-state index in [9.17, 15) is 0 Å². The molecule has 0 amide bonds. The molecule has 4 heteroatoms. The van der Waals surface area contributed by atoms with E-state index in [0.717, 1.165) is 31.4 Å². The number of anilines is 2. The average Bonchev–Trinajstić information content (AvgIpc) is 3.05. The predicted octanol–water partition coefficient (Wildman–Crippen LogP) is 2.39. The van der Waals surface area contributed by atoms with Crippen LogP contribution in [0, 0.1) is 0 Å². The third-order valence-corrected chi connectivity index (χ3v) is 3.48. The number of hydrogen-bond donors (Lipinski definition) is 1. The van der Waals surface area contributed by atoms with Gasteiger partial charge in [0.1, 0.15) is 5.82 Å². The van der Waals surface area contributed by atoms with Gasteiger partial charge in [0.25, 0.3) is 0 Å². The van der Waals surface area contributed by atoms with Crippen LogP contribution in [-0.2, 0) is 0 Å². The molecule has 2 fully saturated rings. The van der Waals surface area contributed by atoms with E-state index >= 15 is 0 Å². The van der Waals surface area contributed by atoms with Gasteiger partial charge >= 0.3 is 0 Å². The van der Waals surface area contributed by atoms with E-state index in [0.29, 0.717) is 5.92 Å². The fourth-order valence-corrected chi connectivity index (χ4v) is 2.37. The van der Waals surface area contributed by atoms with Crippen LogP contribution in [0.25, 0.3) is 0 Å². The summed E-state index contributed by atoms with van der Waals surface area (Å²) in [7, 11) is 0. The lowest BCUT2D eigenvalue weighted by atomic mass is 10.3. The summed E-state index contributed by atoms with van der Waals surface area (Å²) in [5.41, 5.74) is 1.23. The van der Waals surface area contributed by atoms with E-state index in [1.165, 1.54) is 31.4 Å². The lowest BCUT2D eigenvalue weighted by Crippen LogP contribution is -2.21. The van der Waals surface area contributed by atoms with E-state index in [2.05, 4.69) is 28.2 Å². The molecule has 1 saturated carbocycles. The summed E-state index contributed by atoms with van der Waals surface area (Å²) in [6.45, 7) is 5.24. The standard InChI is InChI=1S/C13H20N4/c1-2-14-12-9-11(10-5-6-10)15-13(16-12)17-7-3-4-8-17/h9-10H,2-8H2,1H3,(H,14,15,16). The second-order valence-electron chi connectivity index (χ2n) is 4.98. The second-order valence-corrected chi connectivity index (χ2v) is 4.98. The van der Waals surface area contributed by atoms with Crippen molar-refractivity contribution in [2.24, 2.45) is 0 Å². The molecule has 0 unspecified atom stereocenters. The maximum Gasteiger partial charge on any atom is 0.227 e. The fraction of sp³-hybridized carbons (Fsp3) is 0.692. The molecule has 2 aliphatic rings. The lowest BCUT2D eigenvalue weighted by Gasteiger charge is -2.17. The number of hydrogen-bond acceptors (Lipinski definition) is 4. The van der Waals surface area contributed by atoms with Gasteiger partial charge in [-0.3, -0.25) is 0 Å². The highest BCUT2D eigenvalue weighted by atomic mass is 15.3. The Morgan fingerprint density at radius 3 is 2.71 bits per heavy atom. The molecule has 1 N–H and O–H groups in total. The van der Waals surface area contributed by atoms with Gasteiger partial charge in [-0.1, -0.05) is 0 Å². The highest BCUT2D eigenvalue weighted by molar-refractivity contribution is 5.45. The molecule has 17 heavy (non-hydrogen) atoms. The van der Waals surface area contributed by atoms with Crippen LogP contribution in [0.3, 0.4) is 0 Å². The first-order valence-corrected chi connectivity index (χ1v) is 6.74. The Balaban J connectivity index is 1.89. The van der Waals surface area contributed by atoms with Crippen LogP contribution in [0.1, 0.15) is 44.2 Å². The molecule has 1 aliphatic heterocycles. The first-order chi connectivity index (χ1) is 8.36. The fourth-order valence-electron chi connectivity index (χ4n) is 2.37. The summed E-state index contributed by atoms with van der Waals surface area (Å²) in [5, 5.41) is 3.32. The van der Waals surface area contributed by atoms with Crippen molar-refractivity contribution in [2.75, 3.05) is 29.9 Å². The lowest BCUT2D eigenvalue weighted by molar-refractivity contribution is 0.871. The zero-order valence-corrected chi connectivity index (χ0v) is 10.4. The van der Waals surface area contributed by atoms with Gasteiger partial charge in [0.05, 0.1) is 5.69 Å². The molecule has 3 rings (SSSR count). The minimum absolute atomic E-state index is 0.691. The molecular weight excluding hydrogens is 212 g/mol. The van der Waals surface area contributed by atoms with Crippen molar-refractivity contribution in [3.05, 3.63) is 11.8 Å². The van der Waals surface area contributed by atoms with Crippen molar-refractivity contribution in [2.45, 2.75) is 38.5 Å². The molecule has 0 aromatic carbocycles. The van der Waals surface area contributed by atoms with Crippen LogP contribution < -0.4 is 10.2 Å². The van der Waals surface area contributed by atoms with Gasteiger partial charge in [-0.15, -0.1) is 0 Å². The highest BCUT2D eigenvalue weighted by Gasteiger charge is 2.27. The van der Waals surface area contributed by atoms with Crippen LogP contribution in [-0.4, -0.2) is 29.6 Å². The maximum atomic E-state index is 4.73. The van der Waals surface area contributed by atoms with Gasteiger partial charge in [0.2, 0.25) is 5.95 Å². The Hall–Kier alpha value is -1.32. The molecule has 1 aromatic rings. The third kappa shape index (κ3) is 2.35. The summed E-state index contributed by atoms with van der Waals surface area (Å²) in [4.78, 5) is 11.7. The minimum Gasteiger partial charge on any atom is -0.370 e. The van der Waals surface area contributed by atoms with Crippen LogP contribution >= 0.6 is 0 Å². The molecule has 0 bridgehead atoms. The SMILES string of the molecule is CCNc1cc(C2CC2)nc(N2CCCC2)n1. The summed E-state index contributed by atoms with van der Waals surface area (Å²) in [6.07, 6.45) is 5.13. The summed E-state index contributed by atoms with van der Waals surface area (Å²) in [6, 6.07) is 2.13. The van der Waals surface area contributed by atoms with Gasteiger partial charge in [-0.05, 0) is 32.6 Å². The number of nitrogens with one attached hydrogen (secondary N) is 1. The Labute approximate surface area is 102 Å². The van der Waals surface area contributed by atoms with Gasteiger partial charge in [-0.25, -0.2) is 4.98 Å². The summed E-state index contributed by atoms with van der Waals surface area (Å²) in [5.74, 6) is 2.62.